The Morgan fingerprint density at radius 1 is 0.692 bits per heavy atom. The SMILES string of the molecule is C.CC(C)CC1(F)CCC1.CC(C)CC1CCC1.CC(C)CC1CCC1. The van der Waals surface area contributed by atoms with Crippen LogP contribution in [-0.2, 0) is 0 Å². The monoisotopic (exact) mass is 370 g/mol. The van der Waals surface area contributed by atoms with E-state index in [4.69, 9.17) is 0 Å². The minimum atomic E-state index is -0.756. The van der Waals surface area contributed by atoms with Gasteiger partial charge in [-0.25, -0.2) is 4.39 Å². The number of hydrogen-bond acceptors (Lipinski definition) is 0. The lowest BCUT2D eigenvalue weighted by atomic mass is 9.77. The van der Waals surface area contributed by atoms with E-state index in [0.717, 1.165) is 49.4 Å². The molecule has 0 aromatic rings. The fourth-order valence-corrected chi connectivity index (χ4v) is 4.29. The van der Waals surface area contributed by atoms with E-state index in [0.29, 0.717) is 5.92 Å². The van der Waals surface area contributed by atoms with E-state index in [9.17, 15) is 4.39 Å². The molecule has 0 aliphatic heterocycles. The van der Waals surface area contributed by atoms with Crippen LogP contribution in [0.1, 0.15) is 126 Å². The van der Waals surface area contributed by atoms with Crippen molar-refractivity contribution in [1.82, 2.24) is 0 Å². The van der Waals surface area contributed by atoms with Crippen LogP contribution in [0.2, 0.25) is 0 Å². The topological polar surface area (TPSA) is 0 Å². The quantitative estimate of drug-likeness (QED) is 0.437. The van der Waals surface area contributed by atoms with Gasteiger partial charge >= 0.3 is 0 Å². The summed E-state index contributed by atoms with van der Waals surface area (Å²) in [5.74, 6) is 4.60. The Morgan fingerprint density at radius 3 is 1.15 bits per heavy atom. The molecule has 1 heteroatoms. The zero-order valence-corrected chi connectivity index (χ0v) is 18.2. The highest BCUT2D eigenvalue weighted by molar-refractivity contribution is 4.88. The predicted molar refractivity (Wildman–Crippen MR) is 117 cm³/mol. The first-order chi connectivity index (χ1) is 11.7. The van der Waals surface area contributed by atoms with Crippen LogP contribution in [0.15, 0.2) is 0 Å². The lowest BCUT2D eigenvalue weighted by Gasteiger charge is -2.35. The van der Waals surface area contributed by atoms with Crippen molar-refractivity contribution in [2.45, 2.75) is 132 Å². The summed E-state index contributed by atoms with van der Waals surface area (Å²) in [5, 5.41) is 0. The number of alkyl halides is 1. The van der Waals surface area contributed by atoms with Crippen molar-refractivity contribution in [3.05, 3.63) is 0 Å². The number of hydrogen-bond donors (Lipinski definition) is 0. The molecule has 0 N–H and O–H groups in total. The Bertz CT molecular complexity index is 299. The Hall–Kier alpha value is -0.0700. The number of halogens is 1. The smallest absolute Gasteiger partial charge is 0.111 e. The molecule has 0 amide bonds. The minimum Gasteiger partial charge on any atom is -0.244 e. The van der Waals surface area contributed by atoms with Gasteiger partial charge in [0.25, 0.3) is 0 Å². The van der Waals surface area contributed by atoms with Gasteiger partial charge in [0, 0.05) is 0 Å². The van der Waals surface area contributed by atoms with Crippen LogP contribution in [0.25, 0.3) is 0 Å². The summed E-state index contributed by atoms with van der Waals surface area (Å²) in [7, 11) is 0. The van der Waals surface area contributed by atoms with Crippen LogP contribution < -0.4 is 0 Å². The first-order valence-corrected chi connectivity index (χ1v) is 11.4. The van der Waals surface area contributed by atoms with Crippen molar-refractivity contribution in [2.75, 3.05) is 0 Å². The number of rotatable bonds is 6. The molecule has 0 spiro atoms. The largest absolute Gasteiger partial charge is 0.244 e. The van der Waals surface area contributed by atoms with Crippen LogP contribution in [0.4, 0.5) is 4.39 Å². The predicted octanol–water partition coefficient (Wildman–Crippen LogP) is 9.23. The zero-order chi connectivity index (χ0) is 18.9. The van der Waals surface area contributed by atoms with Gasteiger partial charge in [0.15, 0.2) is 0 Å². The molecule has 0 aromatic heterocycles. The summed E-state index contributed by atoms with van der Waals surface area (Å²) in [6.45, 7) is 13.4. The molecule has 158 valence electrons. The third-order valence-corrected chi connectivity index (χ3v) is 6.08. The summed E-state index contributed by atoms with van der Waals surface area (Å²) < 4.78 is 13.2. The molecule has 0 radical (unpaired) electrons. The van der Waals surface area contributed by atoms with Crippen molar-refractivity contribution >= 4 is 0 Å². The molecule has 3 aliphatic carbocycles. The Labute approximate surface area is 166 Å². The van der Waals surface area contributed by atoms with E-state index in [1.54, 1.807) is 0 Å². The fourth-order valence-electron chi connectivity index (χ4n) is 4.29. The summed E-state index contributed by atoms with van der Waals surface area (Å²) >= 11 is 0. The van der Waals surface area contributed by atoms with Crippen LogP contribution in [0.5, 0.6) is 0 Å². The summed E-state index contributed by atoms with van der Waals surface area (Å²) in [6, 6.07) is 0. The van der Waals surface area contributed by atoms with Crippen molar-refractivity contribution in [1.29, 1.82) is 0 Å². The molecule has 0 atom stereocenters. The van der Waals surface area contributed by atoms with Crippen molar-refractivity contribution < 1.29 is 4.39 Å². The summed E-state index contributed by atoms with van der Waals surface area (Å²) in [5.41, 5.74) is -0.756. The normalized spacial score (nSPS) is 21.5. The maximum atomic E-state index is 13.2. The minimum absolute atomic E-state index is 0. The van der Waals surface area contributed by atoms with E-state index in [1.807, 2.05) is 0 Å². The average molecular weight is 371 g/mol. The Morgan fingerprint density at radius 2 is 1.08 bits per heavy atom. The maximum Gasteiger partial charge on any atom is 0.111 e. The van der Waals surface area contributed by atoms with Gasteiger partial charge in [-0.15, -0.1) is 0 Å². The molecule has 0 heterocycles. The molecule has 0 saturated heterocycles. The van der Waals surface area contributed by atoms with Gasteiger partial charge in [-0.05, 0) is 68.1 Å². The van der Waals surface area contributed by atoms with Gasteiger partial charge in [-0.3, -0.25) is 0 Å². The van der Waals surface area contributed by atoms with E-state index >= 15 is 0 Å². The molecule has 0 unspecified atom stereocenters. The highest BCUT2D eigenvalue weighted by Crippen LogP contribution is 2.40. The van der Waals surface area contributed by atoms with E-state index in [1.165, 1.54) is 51.4 Å². The lowest BCUT2D eigenvalue weighted by Crippen LogP contribution is -2.32. The van der Waals surface area contributed by atoms with Gasteiger partial charge in [-0.1, -0.05) is 87.5 Å². The molecule has 3 fully saturated rings. The van der Waals surface area contributed by atoms with Gasteiger partial charge < -0.3 is 0 Å². The maximum absolute atomic E-state index is 13.2. The van der Waals surface area contributed by atoms with Crippen molar-refractivity contribution in [3.8, 4) is 0 Å². The molecule has 3 rings (SSSR count). The molecule has 0 nitrogen and oxygen atoms in total. The molecule has 3 saturated carbocycles. The average Bonchev–Trinajstić information content (AvgIpc) is 2.37. The zero-order valence-electron chi connectivity index (χ0n) is 18.2. The molecule has 3 aliphatic rings. The van der Waals surface area contributed by atoms with Crippen LogP contribution in [0, 0.1) is 29.6 Å². The van der Waals surface area contributed by atoms with Crippen LogP contribution in [-0.4, -0.2) is 5.67 Å². The van der Waals surface area contributed by atoms with E-state index < -0.39 is 5.67 Å². The highest BCUT2D eigenvalue weighted by atomic mass is 19.1. The fraction of sp³-hybridized carbons (Fsp3) is 1.00. The second-order valence-corrected chi connectivity index (χ2v) is 10.5. The van der Waals surface area contributed by atoms with Crippen LogP contribution in [0.3, 0.4) is 0 Å². The Balaban J connectivity index is 0.000000355. The van der Waals surface area contributed by atoms with Gasteiger partial charge in [0.05, 0.1) is 0 Å². The molecule has 0 bridgehead atoms. The van der Waals surface area contributed by atoms with E-state index in [2.05, 4.69) is 41.5 Å². The second-order valence-electron chi connectivity index (χ2n) is 10.5. The molecule has 0 aromatic carbocycles. The lowest BCUT2D eigenvalue weighted by molar-refractivity contribution is 0.0406. The van der Waals surface area contributed by atoms with Gasteiger partial charge in [0.1, 0.15) is 5.67 Å². The van der Waals surface area contributed by atoms with Crippen LogP contribution >= 0.6 is 0 Å². The molecule has 26 heavy (non-hydrogen) atoms. The van der Waals surface area contributed by atoms with Gasteiger partial charge in [-0.2, -0.15) is 0 Å². The summed E-state index contributed by atoms with van der Waals surface area (Å²) in [4.78, 5) is 0. The molecular formula is C25H51F. The second kappa shape index (κ2) is 13.2. The van der Waals surface area contributed by atoms with Gasteiger partial charge in [0.2, 0.25) is 0 Å². The summed E-state index contributed by atoms with van der Waals surface area (Å²) in [6.07, 6.45) is 15.5. The highest BCUT2D eigenvalue weighted by Gasteiger charge is 2.36. The van der Waals surface area contributed by atoms with Crippen molar-refractivity contribution in [2.24, 2.45) is 29.6 Å². The Kier molecular flexibility index (Phi) is 13.1. The van der Waals surface area contributed by atoms with E-state index in [-0.39, 0.29) is 7.43 Å². The first-order valence-electron chi connectivity index (χ1n) is 11.4. The first kappa shape index (κ1) is 25.9. The standard InChI is InChI=1S/C8H15F.2C8H16.CH4/c1-7(2)6-8(9)4-3-5-8;2*1-7(2)6-8-4-3-5-8;/h7H,3-6H2,1-2H3;2*7-8H,3-6H2,1-2H3;1H4. The van der Waals surface area contributed by atoms with Crippen molar-refractivity contribution in [3.63, 3.8) is 0 Å². The third-order valence-electron chi connectivity index (χ3n) is 6.08. The molecular weight excluding hydrogens is 319 g/mol. The third kappa shape index (κ3) is 11.6.